The van der Waals surface area contributed by atoms with Crippen LogP contribution in [-0.2, 0) is 0 Å². The second kappa shape index (κ2) is 5.76. The number of amidine groups is 1. The van der Waals surface area contributed by atoms with Gasteiger partial charge in [-0.3, -0.25) is 15.5 Å². The summed E-state index contributed by atoms with van der Waals surface area (Å²) < 4.78 is 5.43. The van der Waals surface area contributed by atoms with E-state index in [4.69, 9.17) is 27.5 Å². The normalized spacial score (nSPS) is 10.2. The van der Waals surface area contributed by atoms with Gasteiger partial charge in [-0.25, -0.2) is 4.98 Å². The number of benzene rings is 1. The second-order valence-electron chi connectivity index (χ2n) is 4.22. The zero-order valence-electron chi connectivity index (χ0n) is 11.0. The molecule has 0 aliphatic heterocycles. The average Bonchev–Trinajstić information content (AvgIpc) is 2.40. The lowest BCUT2D eigenvalue weighted by Crippen LogP contribution is -2.11. The summed E-state index contributed by atoms with van der Waals surface area (Å²) in [4.78, 5) is 14.5. The number of nitrogen functional groups attached to an aromatic ring is 1. The molecule has 1 heterocycles. The van der Waals surface area contributed by atoms with Gasteiger partial charge >= 0.3 is 5.69 Å². The van der Waals surface area contributed by atoms with Crippen molar-refractivity contribution in [2.45, 2.75) is 6.92 Å². The maximum absolute atomic E-state index is 11.0. The van der Waals surface area contributed by atoms with E-state index in [1.54, 1.807) is 13.0 Å². The Morgan fingerprint density at radius 2 is 2.14 bits per heavy atom. The van der Waals surface area contributed by atoms with Crippen LogP contribution in [0.1, 0.15) is 11.3 Å². The number of rotatable bonds is 4. The Hall–Kier alpha value is -2.67. The predicted octanol–water partition coefficient (Wildman–Crippen LogP) is 3.03. The Bertz CT molecular complexity index is 733. The molecule has 1 aromatic carbocycles. The van der Waals surface area contributed by atoms with Gasteiger partial charge in [0, 0.05) is 28.4 Å². The molecule has 0 bridgehead atoms. The van der Waals surface area contributed by atoms with Gasteiger partial charge in [-0.05, 0) is 25.1 Å². The fourth-order valence-electron chi connectivity index (χ4n) is 1.68. The summed E-state index contributed by atoms with van der Waals surface area (Å²) in [5.41, 5.74) is 6.15. The first-order valence-electron chi connectivity index (χ1n) is 5.81. The SMILES string of the molecule is Cc1cc(C(=N)N)cc(Oc2ccc(Cl)cc2[N+](=O)[O-])n1. The first kappa shape index (κ1) is 14.7. The molecule has 8 heteroatoms. The van der Waals surface area contributed by atoms with Gasteiger partial charge < -0.3 is 10.5 Å². The number of halogens is 1. The maximum Gasteiger partial charge on any atom is 0.313 e. The third-order valence-corrected chi connectivity index (χ3v) is 2.81. The van der Waals surface area contributed by atoms with Crippen LogP contribution in [0.5, 0.6) is 11.6 Å². The summed E-state index contributed by atoms with van der Waals surface area (Å²) in [6.45, 7) is 1.70. The lowest BCUT2D eigenvalue weighted by Gasteiger charge is -2.08. The number of aromatic nitrogens is 1. The Morgan fingerprint density at radius 3 is 2.76 bits per heavy atom. The summed E-state index contributed by atoms with van der Waals surface area (Å²) in [5, 5.41) is 18.6. The fraction of sp³-hybridized carbons (Fsp3) is 0.0769. The van der Waals surface area contributed by atoms with E-state index >= 15 is 0 Å². The number of nitrogens with one attached hydrogen (secondary N) is 1. The van der Waals surface area contributed by atoms with E-state index in [-0.39, 0.29) is 28.2 Å². The number of nitro groups is 1. The van der Waals surface area contributed by atoms with Gasteiger partial charge in [0.25, 0.3) is 0 Å². The molecule has 0 atom stereocenters. The Morgan fingerprint density at radius 1 is 1.43 bits per heavy atom. The molecule has 0 fully saturated rings. The molecule has 7 nitrogen and oxygen atoms in total. The molecule has 0 aliphatic rings. The molecule has 0 saturated heterocycles. The van der Waals surface area contributed by atoms with Crippen molar-refractivity contribution < 1.29 is 9.66 Å². The number of ether oxygens (including phenoxy) is 1. The third-order valence-electron chi connectivity index (χ3n) is 2.57. The molecule has 108 valence electrons. The van der Waals surface area contributed by atoms with Crippen molar-refractivity contribution in [3.05, 3.63) is 56.7 Å². The summed E-state index contributed by atoms with van der Waals surface area (Å²) in [6, 6.07) is 7.11. The highest BCUT2D eigenvalue weighted by molar-refractivity contribution is 6.30. The minimum Gasteiger partial charge on any atom is -0.432 e. The van der Waals surface area contributed by atoms with E-state index in [0.29, 0.717) is 11.3 Å². The smallest absolute Gasteiger partial charge is 0.313 e. The number of hydrogen-bond acceptors (Lipinski definition) is 5. The molecule has 0 spiro atoms. The van der Waals surface area contributed by atoms with Crippen LogP contribution in [0, 0.1) is 22.4 Å². The zero-order chi connectivity index (χ0) is 15.6. The number of nitrogens with two attached hydrogens (primary N) is 1. The molecular formula is C13H11ClN4O3. The number of hydrogen-bond donors (Lipinski definition) is 2. The van der Waals surface area contributed by atoms with Crippen molar-refractivity contribution in [1.82, 2.24) is 4.98 Å². The molecule has 2 rings (SSSR count). The van der Waals surface area contributed by atoms with Crippen molar-refractivity contribution >= 4 is 23.1 Å². The molecule has 0 radical (unpaired) electrons. The first-order valence-corrected chi connectivity index (χ1v) is 6.19. The van der Waals surface area contributed by atoms with Crippen LogP contribution in [0.4, 0.5) is 5.69 Å². The molecule has 21 heavy (non-hydrogen) atoms. The molecule has 0 saturated carbocycles. The standard InChI is InChI=1S/C13H11ClN4O3/c1-7-4-8(13(15)16)5-12(17-7)21-11-3-2-9(14)6-10(11)18(19)20/h2-6H,1H3,(H3,15,16). The zero-order valence-corrected chi connectivity index (χ0v) is 11.7. The number of aryl methyl sites for hydroxylation is 1. The van der Waals surface area contributed by atoms with Crippen LogP contribution in [0.3, 0.4) is 0 Å². The summed E-state index contributed by atoms with van der Waals surface area (Å²) >= 11 is 5.74. The van der Waals surface area contributed by atoms with Crippen molar-refractivity contribution in [2.75, 3.05) is 0 Å². The van der Waals surface area contributed by atoms with E-state index in [1.165, 1.54) is 24.3 Å². The van der Waals surface area contributed by atoms with Gasteiger partial charge in [-0.2, -0.15) is 0 Å². The highest BCUT2D eigenvalue weighted by Gasteiger charge is 2.17. The van der Waals surface area contributed by atoms with Crippen molar-refractivity contribution in [3.63, 3.8) is 0 Å². The van der Waals surface area contributed by atoms with Crippen molar-refractivity contribution in [1.29, 1.82) is 5.41 Å². The summed E-state index contributed by atoms with van der Waals surface area (Å²) in [7, 11) is 0. The second-order valence-corrected chi connectivity index (χ2v) is 4.66. The minimum atomic E-state index is -0.594. The number of pyridine rings is 1. The van der Waals surface area contributed by atoms with Crippen LogP contribution >= 0.6 is 11.6 Å². The molecule has 0 unspecified atom stereocenters. The van der Waals surface area contributed by atoms with Gasteiger partial charge in [0.1, 0.15) is 5.84 Å². The Balaban J connectivity index is 2.43. The van der Waals surface area contributed by atoms with Crippen molar-refractivity contribution in [2.24, 2.45) is 5.73 Å². The van der Waals surface area contributed by atoms with Gasteiger partial charge in [-0.15, -0.1) is 0 Å². The summed E-state index contributed by atoms with van der Waals surface area (Å²) in [6.07, 6.45) is 0. The van der Waals surface area contributed by atoms with Gasteiger partial charge in [-0.1, -0.05) is 11.6 Å². The van der Waals surface area contributed by atoms with Gasteiger partial charge in [0.05, 0.1) is 4.92 Å². The predicted molar refractivity (Wildman–Crippen MR) is 78.2 cm³/mol. The fourth-order valence-corrected chi connectivity index (χ4v) is 1.84. The average molecular weight is 307 g/mol. The monoisotopic (exact) mass is 306 g/mol. The van der Waals surface area contributed by atoms with Crippen LogP contribution < -0.4 is 10.5 Å². The molecule has 0 aliphatic carbocycles. The third kappa shape index (κ3) is 3.46. The largest absolute Gasteiger partial charge is 0.432 e. The number of nitrogens with zero attached hydrogens (tertiary/aromatic N) is 2. The lowest BCUT2D eigenvalue weighted by atomic mass is 10.2. The topological polar surface area (TPSA) is 115 Å². The van der Waals surface area contributed by atoms with Crippen molar-refractivity contribution in [3.8, 4) is 11.6 Å². The lowest BCUT2D eigenvalue weighted by molar-refractivity contribution is -0.385. The molecule has 3 N–H and O–H groups in total. The van der Waals surface area contributed by atoms with Crippen LogP contribution in [-0.4, -0.2) is 15.7 Å². The van der Waals surface area contributed by atoms with E-state index in [2.05, 4.69) is 4.98 Å². The van der Waals surface area contributed by atoms with Crippen LogP contribution in [0.15, 0.2) is 30.3 Å². The van der Waals surface area contributed by atoms with E-state index in [0.717, 1.165) is 0 Å². The minimum absolute atomic E-state index is 0.0111. The molecule has 1 aromatic heterocycles. The maximum atomic E-state index is 11.0. The van der Waals surface area contributed by atoms with Crippen LogP contribution in [0.2, 0.25) is 5.02 Å². The summed E-state index contributed by atoms with van der Waals surface area (Å²) in [5.74, 6) is -0.0152. The molecular weight excluding hydrogens is 296 g/mol. The van der Waals surface area contributed by atoms with E-state index < -0.39 is 4.92 Å². The highest BCUT2D eigenvalue weighted by Crippen LogP contribution is 2.33. The number of nitro benzene ring substituents is 1. The quantitative estimate of drug-likeness (QED) is 0.390. The van der Waals surface area contributed by atoms with E-state index in [9.17, 15) is 10.1 Å². The first-order chi connectivity index (χ1) is 9.86. The molecule has 2 aromatic rings. The Labute approximate surface area is 125 Å². The molecule has 0 amide bonds. The highest BCUT2D eigenvalue weighted by atomic mass is 35.5. The van der Waals surface area contributed by atoms with Gasteiger partial charge in [0.2, 0.25) is 11.6 Å². The Kier molecular flexibility index (Phi) is 4.04. The van der Waals surface area contributed by atoms with E-state index in [1.807, 2.05) is 0 Å². The van der Waals surface area contributed by atoms with Crippen LogP contribution in [0.25, 0.3) is 0 Å². The van der Waals surface area contributed by atoms with Gasteiger partial charge in [0.15, 0.2) is 0 Å².